The number of allylic oxidation sites excluding steroid dienone is 2. The van der Waals surface area contributed by atoms with Gasteiger partial charge in [-0.1, -0.05) is 24.3 Å². The van der Waals surface area contributed by atoms with Gasteiger partial charge in [0.15, 0.2) is 0 Å². The van der Waals surface area contributed by atoms with Crippen molar-refractivity contribution in [1.29, 1.82) is 0 Å². The summed E-state index contributed by atoms with van der Waals surface area (Å²) in [7, 11) is 3.36. The van der Waals surface area contributed by atoms with Crippen LogP contribution in [0.5, 0.6) is 17.6 Å². The molecule has 0 radical (unpaired) electrons. The lowest BCUT2D eigenvalue weighted by Gasteiger charge is -2.19. The summed E-state index contributed by atoms with van der Waals surface area (Å²) in [6.07, 6.45) is 10.8. The van der Waals surface area contributed by atoms with Crippen molar-refractivity contribution < 1.29 is 37.0 Å². The van der Waals surface area contributed by atoms with Crippen LogP contribution in [0.25, 0.3) is 11.3 Å². The van der Waals surface area contributed by atoms with Gasteiger partial charge in [0.1, 0.15) is 23.9 Å². The fourth-order valence-corrected chi connectivity index (χ4v) is 8.38. The number of hydrogen-bond donors (Lipinski definition) is 1. The minimum absolute atomic E-state index is 0.0576. The Morgan fingerprint density at radius 1 is 1.06 bits per heavy atom. The second kappa shape index (κ2) is 16.2. The number of sulfonamides is 1. The summed E-state index contributed by atoms with van der Waals surface area (Å²) in [4.78, 5) is 50.2. The number of hydrogen-bond acceptors (Lipinski definition) is 11. The number of methoxy groups -OCH3 is 2. The van der Waals surface area contributed by atoms with Crippen LogP contribution in [0.3, 0.4) is 0 Å². The van der Waals surface area contributed by atoms with E-state index >= 15 is 0 Å². The number of aromatic nitrogens is 2. The van der Waals surface area contributed by atoms with Crippen LogP contribution in [-0.2, 0) is 24.4 Å². The molecule has 0 unspecified atom stereocenters. The van der Waals surface area contributed by atoms with Crippen molar-refractivity contribution in [2.75, 3.05) is 34.9 Å². The van der Waals surface area contributed by atoms with E-state index in [1.807, 2.05) is 44.4 Å². The molecule has 0 bridgehead atoms. The lowest BCUT2D eigenvalue weighted by atomic mass is 9.88. The lowest BCUT2D eigenvalue weighted by molar-refractivity contribution is -0.128. The van der Waals surface area contributed by atoms with Crippen molar-refractivity contribution in [2.45, 2.75) is 88.4 Å². The van der Waals surface area contributed by atoms with Crippen LogP contribution in [0.4, 0.5) is 0 Å². The number of ketones is 1. The van der Waals surface area contributed by atoms with Crippen molar-refractivity contribution in [3.8, 4) is 28.9 Å². The van der Waals surface area contributed by atoms with Gasteiger partial charge in [0.25, 0.3) is 0 Å². The van der Waals surface area contributed by atoms with Crippen molar-refractivity contribution in [1.82, 2.24) is 19.6 Å². The molecule has 5 atom stereocenters. The normalized spacial score (nSPS) is 25.1. The first-order valence-electron chi connectivity index (χ1n) is 17.9. The van der Waals surface area contributed by atoms with E-state index in [4.69, 9.17) is 14.2 Å². The Kier molecular flexibility index (Phi) is 12.2. The Morgan fingerprint density at radius 3 is 2.53 bits per heavy atom. The number of carbonyl (C=O) groups is 3. The van der Waals surface area contributed by atoms with Crippen LogP contribution in [0.2, 0.25) is 0 Å². The standard InChI is InChI=1S/C38H52N4O8S/c1-37(17-18-37)51(46,47)41-35(45)38(24-28(38)13-8-6-7-9-19-42(2)3)16-11-15-33(44)31-22-30(21-27(31)25-43)50-34-23-32(39-36(40-34)49-5)26-12-10-14-29(20-26)48-4/h8,10,12-14,20,23,25,27-28,30-31H,6-7,9,11,15-19,21-22,24H2,1-5H3,(H,41,45)/b13-8-/t27-,28+,30-,31+,38-/m0/s1. The van der Waals surface area contributed by atoms with E-state index in [9.17, 15) is 22.8 Å². The van der Waals surface area contributed by atoms with Gasteiger partial charge in [0.05, 0.1) is 30.1 Å². The third-order valence-corrected chi connectivity index (χ3v) is 12.9. The second-order valence-electron chi connectivity index (χ2n) is 14.8. The Hall–Kier alpha value is -3.84. The molecule has 3 fully saturated rings. The van der Waals surface area contributed by atoms with Crippen molar-refractivity contribution in [2.24, 2.45) is 23.2 Å². The molecule has 1 aromatic carbocycles. The molecule has 278 valence electrons. The topological polar surface area (TPSA) is 154 Å². The Labute approximate surface area is 301 Å². The number of carbonyl (C=O) groups excluding carboxylic acids is 3. The number of ether oxygens (including phenoxy) is 3. The van der Waals surface area contributed by atoms with Crippen molar-refractivity contribution in [3.05, 3.63) is 42.5 Å². The molecule has 1 heterocycles. The number of aldehydes is 1. The highest BCUT2D eigenvalue weighted by molar-refractivity contribution is 7.91. The van der Waals surface area contributed by atoms with Gasteiger partial charge in [-0.05, 0) is 110 Å². The van der Waals surface area contributed by atoms with Crippen molar-refractivity contribution >= 4 is 28.0 Å². The molecule has 1 aromatic heterocycles. The molecular formula is C38H52N4O8S. The Bertz CT molecular complexity index is 1710. The summed E-state index contributed by atoms with van der Waals surface area (Å²) >= 11 is 0. The molecular weight excluding hydrogens is 673 g/mol. The molecule has 51 heavy (non-hydrogen) atoms. The molecule has 2 aromatic rings. The van der Waals surface area contributed by atoms with E-state index < -0.39 is 44.0 Å². The van der Waals surface area contributed by atoms with Gasteiger partial charge in [-0.25, -0.2) is 8.42 Å². The van der Waals surface area contributed by atoms with Gasteiger partial charge >= 0.3 is 6.01 Å². The maximum absolute atomic E-state index is 13.6. The average Bonchev–Trinajstić information content (AvgIpc) is 4.00. The van der Waals surface area contributed by atoms with Crippen LogP contribution in [0.15, 0.2) is 42.5 Å². The van der Waals surface area contributed by atoms with Crippen molar-refractivity contribution in [3.63, 3.8) is 0 Å². The predicted octanol–water partition coefficient (Wildman–Crippen LogP) is 5.17. The molecule has 1 N–H and O–H groups in total. The average molecular weight is 725 g/mol. The second-order valence-corrected chi connectivity index (χ2v) is 17.0. The predicted molar refractivity (Wildman–Crippen MR) is 193 cm³/mol. The molecule has 0 aliphatic heterocycles. The van der Waals surface area contributed by atoms with E-state index in [0.29, 0.717) is 56.4 Å². The molecule has 3 aliphatic rings. The number of benzene rings is 1. The van der Waals surface area contributed by atoms with Crippen LogP contribution in [0, 0.1) is 23.2 Å². The summed E-state index contributed by atoms with van der Waals surface area (Å²) in [5.41, 5.74) is 0.489. The van der Waals surface area contributed by atoms with E-state index in [1.165, 1.54) is 7.11 Å². The highest BCUT2D eigenvalue weighted by Crippen LogP contribution is 2.58. The van der Waals surface area contributed by atoms with Gasteiger partial charge in [0, 0.05) is 29.9 Å². The lowest BCUT2D eigenvalue weighted by Crippen LogP contribution is -2.42. The first kappa shape index (κ1) is 38.4. The maximum atomic E-state index is 13.6. The van der Waals surface area contributed by atoms with E-state index in [2.05, 4.69) is 25.7 Å². The minimum atomic E-state index is -3.79. The summed E-state index contributed by atoms with van der Waals surface area (Å²) < 4.78 is 44.3. The van der Waals surface area contributed by atoms with Gasteiger partial charge < -0.3 is 23.9 Å². The van der Waals surface area contributed by atoms with Gasteiger partial charge in [0.2, 0.25) is 21.8 Å². The first-order valence-corrected chi connectivity index (χ1v) is 19.4. The molecule has 3 aliphatic carbocycles. The summed E-state index contributed by atoms with van der Waals surface area (Å²) in [5.74, 6) is -0.696. The molecule has 5 rings (SSSR count). The zero-order valence-electron chi connectivity index (χ0n) is 30.4. The Morgan fingerprint density at radius 2 is 1.84 bits per heavy atom. The smallest absolute Gasteiger partial charge is 0.320 e. The number of Topliss-reactive ketones (excluding diaryl/α,β-unsaturated/α-hetero) is 1. The number of nitrogens with zero attached hydrogens (tertiary/aromatic N) is 3. The van der Waals surface area contributed by atoms with Crippen LogP contribution >= 0.6 is 0 Å². The molecule has 13 heteroatoms. The Balaban J connectivity index is 1.20. The fourth-order valence-electron chi connectivity index (χ4n) is 7.05. The zero-order chi connectivity index (χ0) is 36.8. The van der Waals surface area contributed by atoms with Gasteiger partial charge in [-0.15, -0.1) is 0 Å². The van der Waals surface area contributed by atoms with Crippen LogP contribution in [0.1, 0.15) is 77.6 Å². The van der Waals surface area contributed by atoms with Crippen LogP contribution in [-0.4, -0.2) is 87.0 Å². The number of unbranched alkanes of at least 4 members (excludes halogenated alkanes) is 2. The first-order chi connectivity index (χ1) is 24.3. The molecule has 3 saturated carbocycles. The van der Waals surface area contributed by atoms with E-state index in [0.717, 1.165) is 37.7 Å². The quantitative estimate of drug-likeness (QED) is 0.109. The van der Waals surface area contributed by atoms with Gasteiger partial charge in [-0.2, -0.15) is 9.97 Å². The molecule has 1 amide bonds. The number of rotatable bonds is 20. The number of amides is 1. The molecule has 12 nitrogen and oxygen atoms in total. The number of nitrogens with one attached hydrogen (secondary N) is 1. The maximum Gasteiger partial charge on any atom is 0.320 e. The highest BCUT2D eigenvalue weighted by atomic mass is 32.2. The molecule has 0 spiro atoms. The highest BCUT2D eigenvalue weighted by Gasteiger charge is 2.60. The monoisotopic (exact) mass is 724 g/mol. The fraction of sp³-hybridized carbons (Fsp3) is 0.605. The summed E-state index contributed by atoms with van der Waals surface area (Å²) in [6, 6.07) is 9.22. The van der Waals surface area contributed by atoms with E-state index in [-0.39, 0.29) is 30.0 Å². The van der Waals surface area contributed by atoms with Gasteiger partial charge in [-0.3, -0.25) is 14.3 Å². The summed E-state index contributed by atoms with van der Waals surface area (Å²) in [5, 5.41) is 0. The van der Waals surface area contributed by atoms with E-state index in [1.54, 1.807) is 20.1 Å². The summed E-state index contributed by atoms with van der Waals surface area (Å²) in [6.45, 7) is 2.67. The van der Waals surface area contributed by atoms with Crippen LogP contribution < -0.4 is 18.9 Å². The third-order valence-electron chi connectivity index (χ3n) is 10.7. The SMILES string of the molecule is COc1cccc(-c2cc(O[C@H]3C[C@@H](C=O)[C@H](C(=O)CCC[C@]4(C(=O)NS(=O)(=O)C5(C)CC5)C[C@H]4/C=C\CCCCN(C)C)C3)nc(OC)n2)c1. The molecule has 0 saturated heterocycles. The zero-order valence-corrected chi connectivity index (χ0v) is 31.2. The largest absolute Gasteiger partial charge is 0.497 e. The third kappa shape index (κ3) is 9.34. The minimum Gasteiger partial charge on any atom is -0.497 e.